The predicted molar refractivity (Wildman–Crippen MR) is 87.0 cm³/mol. The average molecular weight is 312 g/mol. The highest BCUT2D eigenvalue weighted by atomic mass is 32.1. The van der Waals surface area contributed by atoms with Gasteiger partial charge in [-0.15, -0.1) is 0 Å². The van der Waals surface area contributed by atoms with E-state index in [1.165, 1.54) is 12.1 Å². The van der Waals surface area contributed by atoms with Gasteiger partial charge in [-0.3, -0.25) is 0 Å². The van der Waals surface area contributed by atoms with E-state index in [0.29, 0.717) is 10.6 Å². The number of halogens is 1. The monoisotopic (exact) mass is 312 g/mol. The van der Waals surface area contributed by atoms with Gasteiger partial charge in [0.1, 0.15) is 5.82 Å². The number of nitrogens with zero attached hydrogens (tertiary/aromatic N) is 3. The third kappa shape index (κ3) is 2.87. The minimum Gasteiger partial charge on any atom is -0.250 e. The number of H-pyrrole nitrogens is 1. The van der Waals surface area contributed by atoms with Gasteiger partial charge in [0.2, 0.25) is 4.77 Å². The van der Waals surface area contributed by atoms with Gasteiger partial charge in [-0.25, -0.2) is 9.49 Å². The Hall–Kier alpha value is -2.60. The molecule has 0 aliphatic carbocycles. The molecule has 3 aromatic rings. The number of nitrogens with one attached hydrogen (secondary N) is 1. The van der Waals surface area contributed by atoms with Gasteiger partial charge >= 0.3 is 0 Å². The second kappa shape index (κ2) is 6.03. The first-order chi connectivity index (χ1) is 10.6. The van der Waals surface area contributed by atoms with Crippen LogP contribution in [0.25, 0.3) is 11.4 Å². The van der Waals surface area contributed by atoms with E-state index >= 15 is 0 Å². The number of aromatic nitrogens is 3. The molecule has 0 bridgehead atoms. The lowest BCUT2D eigenvalue weighted by molar-refractivity contribution is 0.628. The lowest BCUT2D eigenvalue weighted by atomic mass is 10.1. The van der Waals surface area contributed by atoms with E-state index in [4.69, 9.17) is 12.2 Å². The quantitative estimate of drug-likeness (QED) is 0.588. The van der Waals surface area contributed by atoms with Crippen molar-refractivity contribution >= 4 is 18.4 Å². The van der Waals surface area contributed by atoms with Gasteiger partial charge in [-0.2, -0.15) is 14.9 Å². The SMILES string of the molecule is Cc1ccccc1-c1n[nH]c(=S)n1N=Cc1ccc(F)cc1. The minimum atomic E-state index is -0.280. The van der Waals surface area contributed by atoms with Crippen LogP contribution in [-0.4, -0.2) is 21.1 Å². The second-order valence-electron chi connectivity index (χ2n) is 4.78. The summed E-state index contributed by atoms with van der Waals surface area (Å²) in [6.45, 7) is 2.00. The van der Waals surface area contributed by atoms with Crippen LogP contribution in [0.15, 0.2) is 53.6 Å². The molecule has 1 N–H and O–H groups in total. The Morgan fingerprint density at radius 1 is 1.18 bits per heavy atom. The number of hydrogen-bond acceptors (Lipinski definition) is 3. The van der Waals surface area contributed by atoms with Crippen molar-refractivity contribution in [2.75, 3.05) is 0 Å². The van der Waals surface area contributed by atoms with Crippen molar-refractivity contribution in [3.05, 3.63) is 70.2 Å². The molecular formula is C16H13FN4S. The number of hydrogen-bond donors (Lipinski definition) is 1. The molecule has 0 saturated heterocycles. The molecule has 22 heavy (non-hydrogen) atoms. The summed E-state index contributed by atoms with van der Waals surface area (Å²) in [6, 6.07) is 13.9. The average Bonchev–Trinajstić information content (AvgIpc) is 2.88. The zero-order valence-corrected chi connectivity index (χ0v) is 12.6. The van der Waals surface area contributed by atoms with Gasteiger partial charge in [-0.05, 0) is 42.4 Å². The molecule has 1 aromatic heterocycles. The van der Waals surface area contributed by atoms with E-state index < -0.39 is 0 Å². The molecule has 2 aromatic carbocycles. The van der Waals surface area contributed by atoms with Gasteiger partial charge < -0.3 is 0 Å². The van der Waals surface area contributed by atoms with Gasteiger partial charge in [0.15, 0.2) is 5.82 Å². The molecule has 0 amide bonds. The van der Waals surface area contributed by atoms with E-state index in [0.717, 1.165) is 16.7 Å². The topological polar surface area (TPSA) is 46.0 Å². The highest BCUT2D eigenvalue weighted by Crippen LogP contribution is 2.21. The third-order valence-corrected chi connectivity index (χ3v) is 3.49. The second-order valence-corrected chi connectivity index (χ2v) is 5.16. The first kappa shape index (κ1) is 14.3. The fourth-order valence-corrected chi connectivity index (χ4v) is 2.25. The zero-order valence-electron chi connectivity index (χ0n) is 11.8. The van der Waals surface area contributed by atoms with Crippen LogP contribution >= 0.6 is 12.2 Å². The molecule has 0 unspecified atom stereocenters. The molecule has 1 heterocycles. The molecular weight excluding hydrogens is 299 g/mol. The van der Waals surface area contributed by atoms with Gasteiger partial charge in [0, 0.05) is 5.56 Å². The zero-order chi connectivity index (χ0) is 15.5. The molecule has 3 rings (SSSR count). The normalized spacial score (nSPS) is 11.2. The summed E-state index contributed by atoms with van der Waals surface area (Å²) in [6.07, 6.45) is 1.62. The number of benzene rings is 2. The fraction of sp³-hybridized carbons (Fsp3) is 0.0625. The summed E-state index contributed by atoms with van der Waals surface area (Å²) in [5.74, 6) is 0.360. The smallest absolute Gasteiger partial charge is 0.216 e. The molecule has 0 fully saturated rings. The maximum Gasteiger partial charge on any atom is 0.216 e. The lowest BCUT2D eigenvalue weighted by Gasteiger charge is -2.04. The Bertz CT molecular complexity index is 878. The van der Waals surface area contributed by atoms with Crippen molar-refractivity contribution < 1.29 is 4.39 Å². The number of aryl methyl sites for hydroxylation is 1. The molecule has 0 spiro atoms. The molecule has 6 heteroatoms. The van der Waals surface area contributed by atoms with E-state index in [1.807, 2.05) is 31.2 Å². The Kier molecular flexibility index (Phi) is 3.93. The van der Waals surface area contributed by atoms with E-state index in [-0.39, 0.29) is 5.82 Å². The van der Waals surface area contributed by atoms with Crippen LogP contribution in [0.3, 0.4) is 0 Å². The summed E-state index contributed by atoms with van der Waals surface area (Å²) in [5, 5.41) is 11.4. The molecule has 4 nitrogen and oxygen atoms in total. The molecule has 0 aliphatic heterocycles. The van der Waals surface area contributed by atoms with Crippen molar-refractivity contribution in [3.8, 4) is 11.4 Å². The Morgan fingerprint density at radius 3 is 2.64 bits per heavy atom. The van der Waals surface area contributed by atoms with Crippen molar-refractivity contribution in [2.24, 2.45) is 5.10 Å². The first-order valence-corrected chi connectivity index (χ1v) is 7.09. The Balaban J connectivity index is 2.02. The molecule has 0 saturated carbocycles. The van der Waals surface area contributed by atoms with Gasteiger partial charge in [-0.1, -0.05) is 36.4 Å². The van der Waals surface area contributed by atoms with E-state index in [2.05, 4.69) is 15.3 Å². The lowest BCUT2D eigenvalue weighted by Crippen LogP contribution is -1.96. The molecule has 110 valence electrons. The standard InChI is InChI=1S/C16H13FN4S/c1-11-4-2-3-5-14(11)15-19-20-16(22)21(15)18-10-12-6-8-13(17)9-7-12/h2-10H,1H3,(H,20,22). The Morgan fingerprint density at radius 2 is 1.91 bits per heavy atom. The summed E-state index contributed by atoms with van der Waals surface area (Å²) in [5.41, 5.74) is 2.81. The highest BCUT2D eigenvalue weighted by molar-refractivity contribution is 7.71. The predicted octanol–water partition coefficient (Wildman–Crippen LogP) is 3.94. The first-order valence-electron chi connectivity index (χ1n) is 6.68. The fourth-order valence-electron chi connectivity index (χ4n) is 2.07. The van der Waals surface area contributed by atoms with Crippen LogP contribution in [0.2, 0.25) is 0 Å². The maximum absolute atomic E-state index is 12.9. The van der Waals surface area contributed by atoms with E-state index in [1.54, 1.807) is 23.0 Å². The Labute approximate surface area is 131 Å². The summed E-state index contributed by atoms with van der Waals surface area (Å²) in [7, 11) is 0. The highest BCUT2D eigenvalue weighted by Gasteiger charge is 2.09. The van der Waals surface area contributed by atoms with Crippen molar-refractivity contribution in [2.45, 2.75) is 6.92 Å². The number of aromatic amines is 1. The summed E-state index contributed by atoms with van der Waals surface area (Å²) in [4.78, 5) is 0. The minimum absolute atomic E-state index is 0.280. The van der Waals surface area contributed by atoms with Crippen LogP contribution in [0.1, 0.15) is 11.1 Å². The van der Waals surface area contributed by atoms with E-state index in [9.17, 15) is 4.39 Å². The largest absolute Gasteiger partial charge is 0.250 e. The third-order valence-electron chi connectivity index (χ3n) is 3.23. The van der Waals surface area contributed by atoms with Crippen LogP contribution in [-0.2, 0) is 0 Å². The molecule has 0 radical (unpaired) electrons. The number of rotatable bonds is 3. The molecule has 0 aliphatic rings. The van der Waals surface area contributed by atoms with Crippen molar-refractivity contribution in [1.82, 2.24) is 14.9 Å². The van der Waals surface area contributed by atoms with Gasteiger partial charge in [0.25, 0.3) is 0 Å². The van der Waals surface area contributed by atoms with Crippen molar-refractivity contribution in [3.63, 3.8) is 0 Å². The van der Waals surface area contributed by atoms with Crippen LogP contribution in [0.5, 0.6) is 0 Å². The molecule has 0 atom stereocenters. The summed E-state index contributed by atoms with van der Waals surface area (Å²) >= 11 is 5.22. The van der Waals surface area contributed by atoms with Crippen molar-refractivity contribution in [1.29, 1.82) is 0 Å². The summed E-state index contributed by atoms with van der Waals surface area (Å²) < 4.78 is 14.9. The van der Waals surface area contributed by atoms with Gasteiger partial charge in [0.05, 0.1) is 6.21 Å². The van der Waals surface area contributed by atoms with Crippen LogP contribution in [0.4, 0.5) is 4.39 Å². The maximum atomic E-state index is 12.9. The van der Waals surface area contributed by atoms with Crippen LogP contribution in [0, 0.1) is 17.5 Å². The van der Waals surface area contributed by atoms with Crippen LogP contribution < -0.4 is 0 Å².